The number of alkyl halides is 3. The fraction of sp³-hybridized carbons (Fsp3) is 0.385. The molecule has 2 aromatic heterocycles. The number of carboxylic acids is 1. The second-order valence-electron chi connectivity index (χ2n) is 10.1. The first-order valence-corrected chi connectivity index (χ1v) is 13.2. The van der Waals surface area contributed by atoms with Crippen molar-refractivity contribution in [3.8, 4) is 5.69 Å². The largest absolute Gasteiger partial charge is 0.490 e. The molecule has 4 amide bonds. The summed E-state index contributed by atoms with van der Waals surface area (Å²) in [6, 6.07) is 4.71. The van der Waals surface area contributed by atoms with Crippen molar-refractivity contribution < 1.29 is 42.3 Å². The SMILES string of the molecule is O=C(O)C(F)(F)F.O=C1CCC(N2Cc3cc(-n4cc(C(=O)NCC5CCCc6nccn65)nn4)ccc3C2=O)C(=O)N1. The van der Waals surface area contributed by atoms with Crippen LogP contribution in [0.15, 0.2) is 36.8 Å². The lowest BCUT2D eigenvalue weighted by Crippen LogP contribution is -2.52. The second kappa shape index (κ2) is 11.7. The van der Waals surface area contributed by atoms with E-state index in [0.717, 1.165) is 30.7 Å². The number of aromatic nitrogens is 5. The predicted molar refractivity (Wildman–Crippen MR) is 138 cm³/mol. The molecule has 43 heavy (non-hydrogen) atoms. The van der Waals surface area contributed by atoms with E-state index >= 15 is 0 Å². The lowest BCUT2D eigenvalue weighted by Gasteiger charge is -2.29. The molecule has 1 aromatic carbocycles. The molecule has 6 rings (SSSR count). The number of carboxylic acid groups (broad SMARTS) is 1. The van der Waals surface area contributed by atoms with Crippen LogP contribution in [0.4, 0.5) is 13.2 Å². The average Bonchev–Trinajstić information content (AvgIpc) is 3.71. The molecule has 0 spiro atoms. The average molecular weight is 603 g/mol. The maximum atomic E-state index is 12.9. The van der Waals surface area contributed by atoms with Crippen molar-refractivity contribution in [3.63, 3.8) is 0 Å². The molecule has 0 aliphatic carbocycles. The lowest BCUT2D eigenvalue weighted by atomic mass is 10.0. The van der Waals surface area contributed by atoms with E-state index in [2.05, 4.69) is 30.5 Å². The van der Waals surface area contributed by atoms with Gasteiger partial charge in [-0.15, -0.1) is 5.10 Å². The number of fused-ring (bicyclic) bond motifs is 2. The van der Waals surface area contributed by atoms with Crippen molar-refractivity contribution in [3.05, 3.63) is 59.4 Å². The van der Waals surface area contributed by atoms with Crippen LogP contribution in [0.5, 0.6) is 0 Å². The Labute approximate surface area is 240 Å². The van der Waals surface area contributed by atoms with Crippen LogP contribution < -0.4 is 10.6 Å². The number of carbonyl (C=O) groups excluding carboxylic acids is 4. The highest BCUT2D eigenvalue weighted by atomic mass is 19.4. The molecule has 3 aliphatic heterocycles. The third kappa shape index (κ3) is 6.24. The fourth-order valence-corrected chi connectivity index (χ4v) is 5.20. The van der Waals surface area contributed by atoms with Crippen LogP contribution in [0.1, 0.15) is 64.0 Å². The van der Waals surface area contributed by atoms with E-state index < -0.39 is 24.1 Å². The van der Waals surface area contributed by atoms with E-state index in [4.69, 9.17) is 9.90 Å². The van der Waals surface area contributed by atoms with Gasteiger partial charge in [-0.3, -0.25) is 24.5 Å². The van der Waals surface area contributed by atoms with Gasteiger partial charge < -0.3 is 19.9 Å². The van der Waals surface area contributed by atoms with Gasteiger partial charge in [-0.25, -0.2) is 14.5 Å². The first kappa shape index (κ1) is 29.4. The van der Waals surface area contributed by atoms with Gasteiger partial charge in [0, 0.05) is 43.9 Å². The number of imide groups is 1. The minimum Gasteiger partial charge on any atom is -0.475 e. The molecule has 3 aliphatic rings. The number of benzene rings is 1. The molecular weight excluding hydrogens is 577 g/mol. The molecule has 2 unspecified atom stereocenters. The van der Waals surface area contributed by atoms with E-state index in [0.29, 0.717) is 24.2 Å². The first-order chi connectivity index (χ1) is 20.4. The summed E-state index contributed by atoms with van der Waals surface area (Å²) in [5.41, 5.74) is 2.09. The van der Waals surface area contributed by atoms with Crippen LogP contribution in [0.3, 0.4) is 0 Å². The van der Waals surface area contributed by atoms with Crippen molar-refractivity contribution in [2.45, 2.75) is 56.9 Å². The third-order valence-corrected chi connectivity index (χ3v) is 7.32. The van der Waals surface area contributed by atoms with E-state index in [1.54, 1.807) is 30.6 Å². The fourth-order valence-electron chi connectivity index (χ4n) is 5.20. The molecule has 14 nitrogen and oxygen atoms in total. The number of aryl methyl sites for hydroxylation is 1. The van der Waals surface area contributed by atoms with Gasteiger partial charge in [-0.1, -0.05) is 5.21 Å². The maximum absolute atomic E-state index is 12.9. The Morgan fingerprint density at radius 1 is 1.14 bits per heavy atom. The summed E-state index contributed by atoms with van der Waals surface area (Å²) in [6.07, 6.45) is 3.67. The highest BCUT2D eigenvalue weighted by Gasteiger charge is 2.39. The van der Waals surface area contributed by atoms with Gasteiger partial charge in [0.25, 0.3) is 11.8 Å². The third-order valence-electron chi connectivity index (χ3n) is 7.32. The molecule has 3 aromatic rings. The molecule has 2 atom stereocenters. The van der Waals surface area contributed by atoms with Gasteiger partial charge in [-0.2, -0.15) is 13.2 Å². The highest BCUT2D eigenvalue weighted by Crippen LogP contribution is 2.29. The van der Waals surface area contributed by atoms with Crippen LogP contribution in [0.25, 0.3) is 5.69 Å². The summed E-state index contributed by atoms with van der Waals surface area (Å²) in [7, 11) is 0. The zero-order chi connectivity index (χ0) is 30.9. The summed E-state index contributed by atoms with van der Waals surface area (Å²) in [4.78, 5) is 64.1. The van der Waals surface area contributed by atoms with E-state index in [-0.39, 0.29) is 42.4 Å². The van der Waals surface area contributed by atoms with Gasteiger partial charge in [-0.05, 0) is 43.0 Å². The lowest BCUT2D eigenvalue weighted by molar-refractivity contribution is -0.192. The number of nitrogens with one attached hydrogen (secondary N) is 2. The first-order valence-electron chi connectivity index (χ1n) is 13.2. The van der Waals surface area contributed by atoms with Gasteiger partial charge in [0.15, 0.2) is 5.69 Å². The number of nitrogens with zero attached hydrogens (tertiary/aromatic N) is 6. The molecule has 0 saturated carbocycles. The van der Waals surface area contributed by atoms with E-state index in [9.17, 15) is 32.3 Å². The number of piperidine rings is 1. The number of aliphatic carboxylic acids is 1. The molecule has 0 bridgehead atoms. The number of halogens is 3. The number of hydrogen-bond acceptors (Lipinski definition) is 8. The van der Waals surface area contributed by atoms with Crippen LogP contribution in [-0.4, -0.2) is 82.9 Å². The molecule has 3 N–H and O–H groups in total. The molecule has 5 heterocycles. The maximum Gasteiger partial charge on any atom is 0.490 e. The Balaban J connectivity index is 0.000000472. The van der Waals surface area contributed by atoms with Gasteiger partial charge >= 0.3 is 12.1 Å². The number of amides is 4. The second-order valence-corrected chi connectivity index (χ2v) is 10.1. The molecule has 1 fully saturated rings. The standard InChI is InChI=1S/C24H24N8O4.C2HF3O2/c33-21-7-6-19(23(35)27-21)31-12-14-10-15(4-5-17(14)24(31)36)32-13-18(28-29-32)22(34)26-11-16-2-1-3-20-25-8-9-30(16)20;3-2(4,5)1(6)7/h4-5,8-10,13,16,19H,1-3,6-7,11-12H2,(H,26,34)(H,27,33,35);(H,6,7). The topological polar surface area (TPSA) is 181 Å². The highest BCUT2D eigenvalue weighted by molar-refractivity contribution is 6.05. The number of hydrogen-bond donors (Lipinski definition) is 3. The monoisotopic (exact) mass is 602 g/mol. The molecular formula is C26H25F3N8O6. The normalized spacial score (nSPS) is 19.6. The Kier molecular flexibility index (Phi) is 7.97. The van der Waals surface area contributed by atoms with Gasteiger partial charge in [0.05, 0.1) is 17.9 Å². The molecule has 1 saturated heterocycles. The van der Waals surface area contributed by atoms with Crippen LogP contribution in [0, 0.1) is 0 Å². The van der Waals surface area contributed by atoms with Crippen LogP contribution in [0.2, 0.25) is 0 Å². The summed E-state index contributed by atoms with van der Waals surface area (Å²) in [5.74, 6) is -3.04. The summed E-state index contributed by atoms with van der Waals surface area (Å²) < 4.78 is 35.3. The Morgan fingerprint density at radius 3 is 2.63 bits per heavy atom. The molecule has 17 heteroatoms. The number of rotatable bonds is 5. The minimum atomic E-state index is -5.08. The van der Waals surface area contributed by atoms with Gasteiger partial charge in [0.1, 0.15) is 11.9 Å². The summed E-state index contributed by atoms with van der Waals surface area (Å²) in [5, 5.41) is 20.5. The van der Waals surface area contributed by atoms with Crippen LogP contribution in [-0.2, 0) is 27.3 Å². The molecule has 226 valence electrons. The molecule has 0 radical (unpaired) electrons. The Hall–Kier alpha value is -5.09. The van der Waals surface area contributed by atoms with Crippen molar-refractivity contribution in [2.75, 3.05) is 6.54 Å². The zero-order valence-corrected chi connectivity index (χ0v) is 22.4. The zero-order valence-electron chi connectivity index (χ0n) is 22.4. The van der Waals surface area contributed by atoms with Crippen molar-refractivity contribution in [1.29, 1.82) is 0 Å². The van der Waals surface area contributed by atoms with Crippen molar-refractivity contribution in [2.24, 2.45) is 0 Å². The number of carbonyl (C=O) groups is 5. The summed E-state index contributed by atoms with van der Waals surface area (Å²) >= 11 is 0. The Morgan fingerprint density at radius 2 is 1.91 bits per heavy atom. The summed E-state index contributed by atoms with van der Waals surface area (Å²) in [6.45, 7) is 0.736. The van der Waals surface area contributed by atoms with Gasteiger partial charge in [0.2, 0.25) is 11.8 Å². The predicted octanol–water partition coefficient (Wildman–Crippen LogP) is 1.17. The number of imidazole rings is 1. The van der Waals surface area contributed by atoms with Crippen molar-refractivity contribution >= 4 is 29.6 Å². The Bertz CT molecular complexity index is 1600. The van der Waals surface area contributed by atoms with E-state index in [1.807, 2.05) is 6.20 Å². The smallest absolute Gasteiger partial charge is 0.475 e. The quantitative estimate of drug-likeness (QED) is 0.361. The van der Waals surface area contributed by atoms with Crippen LogP contribution >= 0.6 is 0 Å². The minimum absolute atomic E-state index is 0.164. The van der Waals surface area contributed by atoms with E-state index in [1.165, 1.54) is 9.58 Å². The van der Waals surface area contributed by atoms with Crippen molar-refractivity contribution in [1.82, 2.24) is 40.1 Å².